The van der Waals surface area contributed by atoms with Crippen molar-refractivity contribution in [3.8, 4) is 0 Å². The Morgan fingerprint density at radius 1 is 1.25 bits per heavy atom. The van der Waals surface area contributed by atoms with Crippen molar-refractivity contribution in [1.29, 1.82) is 0 Å². The SMILES string of the molecule is COC(=O)N1CCN(C(C)=O)C(Cc2ccccc2)C1. The van der Waals surface area contributed by atoms with Crippen LogP contribution in [-0.2, 0) is 16.0 Å². The zero-order valence-corrected chi connectivity index (χ0v) is 11.9. The Morgan fingerprint density at radius 2 is 1.95 bits per heavy atom. The molecule has 20 heavy (non-hydrogen) atoms. The quantitative estimate of drug-likeness (QED) is 0.823. The molecule has 5 heteroatoms. The Hall–Kier alpha value is -2.04. The summed E-state index contributed by atoms with van der Waals surface area (Å²) in [4.78, 5) is 26.9. The second kappa shape index (κ2) is 6.41. The lowest BCUT2D eigenvalue weighted by Crippen LogP contribution is -2.56. The molecule has 1 unspecified atom stereocenters. The average Bonchev–Trinajstić information content (AvgIpc) is 2.47. The average molecular weight is 276 g/mol. The van der Waals surface area contributed by atoms with Gasteiger partial charge in [-0.2, -0.15) is 0 Å². The zero-order chi connectivity index (χ0) is 14.5. The third-order valence-electron chi connectivity index (χ3n) is 3.63. The second-order valence-electron chi connectivity index (χ2n) is 4.97. The van der Waals surface area contributed by atoms with Crippen molar-refractivity contribution in [2.24, 2.45) is 0 Å². The highest BCUT2D eigenvalue weighted by Gasteiger charge is 2.31. The summed E-state index contributed by atoms with van der Waals surface area (Å²) in [6.07, 6.45) is 0.416. The maximum atomic E-state index is 11.7. The summed E-state index contributed by atoms with van der Waals surface area (Å²) in [5.41, 5.74) is 1.16. The van der Waals surface area contributed by atoms with Crippen molar-refractivity contribution in [3.63, 3.8) is 0 Å². The van der Waals surface area contributed by atoms with Gasteiger partial charge in [0, 0.05) is 26.6 Å². The fourth-order valence-electron chi connectivity index (χ4n) is 2.63. The summed E-state index contributed by atoms with van der Waals surface area (Å²) in [6, 6.07) is 10.0. The van der Waals surface area contributed by atoms with Gasteiger partial charge in [0.2, 0.25) is 5.91 Å². The minimum Gasteiger partial charge on any atom is -0.453 e. The van der Waals surface area contributed by atoms with Crippen molar-refractivity contribution in [3.05, 3.63) is 35.9 Å². The van der Waals surface area contributed by atoms with Crippen LogP contribution in [0.3, 0.4) is 0 Å². The molecule has 0 aromatic heterocycles. The molecule has 1 aliphatic heterocycles. The van der Waals surface area contributed by atoms with Crippen molar-refractivity contribution in [2.45, 2.75) is 19.4 Å². The van der Waals surface area contributed by atoms with Gasteiger partial charge in [-0.1, -0.05) is 30.3 Å². The third-order valence-corrected chi connectivity index (χ3v) is 3.63. The summed E-state index contributed by atoms with van der Waals surface area (Å²) in [7, 11) is 1.38. The minimum absolute atomic E-state index is 0.00255. The largest absolute Gasteiger partial charge is 0.453 e. The molecule has 1 fully saturated rings. The molecule has 1 aromatic carbocycles. The van der Waals surface area contributed by atoms with Gasteiger partial charge in [-0.25, -0.2) is 4.79 Å². The zero-order valence-electron chi connectivity index (χ0n) is 11.9. The van der Waals surface area contributed by atoms with Crippen LogP contribution < -0.4 is 0 Å². The van der Waals surface area contributed by atoms with E-state index in [1.54, 1.807) is 11.8 Å². The summed E-state index contributed by atoms with van der Waals surface area (Å²) >= 11 is 0. The smallest absolute Gasteiger partial charge is 0.409 e. The van der Waals surface area contributed by atoms with Crippen LogP contribution in [0.4, 0.5) is 4.79 Å². The van der Waals surface area contributed by atoms with E-state index in [0.29, 0.717) is 19.6 Å². The van der Waals surface area contributed by atoms with Crippen LogP contribution in [-0.4, -0.2) is 54.6 Å². The van der Waals surface area contributed by atoms with Crippen molar-refractivity contribution in [2.75, 3.05) is 26.7 Å². The fourth-order valence-corrected chi connectivity index (χ4v) is 2.63. The second-order valence-corrected chi connectivity index (χ2v) is 4.97. The van der Waals surface area contributed by atoms with Gasteiger partial charge in [0.25, 0.3) is 0 Å². The highest BCUT2D eigenvalue weighted by atomic mass is 16.5. The lowest BCUT2D eigenvalue weighted by molar-refractivity contribution is -0.133. The summed E-state index contributed by atoms with van der Waals surface area (Å²) in [5, 5.41) is 0. The molecular formula is C15H20N2O3. The van der Waals surface area contributed by atoms with E-state index in [2.05, 4.69) is 0 Å². The highest BCUT2D eigenvalue weighted by molar-refractivity contribution is 5.74. The number of benzene rings is 1. The number of carbonyl (C=O) groups is 2. The third kappa shape index (κ3) is 3.29. The first-order valence-corrected chi connectivity index (χ1v) is 6.76. The topological polar surface area (TPSA) is 49.9 Å². The molecule has 0 bridgehead atoms. The number of nitrogens with zero attached hydrogens (tertiary/aromatic N) is 2. The molecule has 0 saturated carbocycles. The van der Waals surface area contributed by atoms with Gasteiger partial charge in [0.05, 0.1) is 13.2 Å². The molecule has 2 rings (SSSR count). The molecule has 1 aromatic rings. The van der Waals surface area contributed by atoms with Gasteiger partial charge >= 0.3 is 6.09 Å². The summed E-state index contributed by atoms with van der Waals surface area (Å²) in [5.74, 6) is 0.0513. The van der Waals surface area contributed by atoms with E-state index in [1.165, 1.54) is 7.11 Å². The van der Waals surface area contributed by atoms with Crippen LogP contribution in [0.1, 0.15) is 12.5 Å². The fraction of sp³-hybridized carbons (Fsp3) is 0.467. The highest BCUT2D eigenvalue weighted by Crippen LogP contribution is 2.16. The summed E-state index contributed by atoms with van der Waals surface area (Å²) in [6.45, 7) is 3.17. The Balaban J connectivity index is 2.11. The summed E-state index contributed by atoms with van der Waals surface area (Å²) < 4.78 is 4.77. The Kier molecular flexibility index (Phi) is 4.61. The van der Waals surface area contributed by atoms with Gasteiger partial charge in [-0.15, -0.1) is 0 Å². The van der Waals surface area contributed by atoms with Gasteiger partial charge in [0.1, 0.15) is 0 Å². The maximum absolute atomic E-state index is 11.7. The number of methoxy groups -OCH3 is 1. The Labute approximate surface area is 119 Å². The van der Waals surface area contributed by atoms with Gasteiger partial charge in [-0.05, 0) is 12.0 Å². The van der Waals surface area contributed by atoms with E-state index < -0.39 is 0 Å². The van der Waals surface area contributed by atoms with E-state index in [4.69, 9.17) is 4.74 Å². The molecule has 0 spiro atoms. The van der Waals surface area contributed by atoms with Crippen LogP contribution >= 0.6 is 0 Å². The molecule has 2 amide bonds. The monoisotopic (exact) mass is 276 g/mol. The normalized spacial score (nSPS) is 18.8. The molecule has 108 valence electrons. The molecular weight excluding hydrogens is 256 g/mol. The first-order chi connectivity index (χ1) is 9.61. The molecule has 0 N–H and O–H groups in total. The molecule has 5 nitrogen and oxygen atoms in total. The first-order valence-electron chi connectivity index (χ1n) is 6.76. The number of hydrogen-bond donors (Lipinski definition) is 0. The van der Waals surface area contributed by atoms with Crippen LogP contribution in [0.5, 0.6) is 0 Å². The van der Waals surface area contributed by atoms with Crippen LogP contribution in [0.15, 0.2) is 30.3 Å². The molecule has 0 aliphatic carbocycles. The predicted octanol–water partition coefficient (Wildman–Crippen LogP) is 1.53. The molecule has 1 saturated heterocycles. The van der Waals surface area contributed by atoms with Crippen molar-refractivity contribution >= 4 is 12.0 Å². The molecule has 0 radical (unpaired) electrons. The molecule has 1 atom stereocenters. The van der Waals surface area contributed by atoms with Crippen LogP contribution in [0.2, 0.25) is 0 Å². The van der Waals surface area contributed by atoms with E-state index >= 15 is 0 Å². The number of piperazine rings is 1. The van der Waals surface area contributed by atoms with Gasteiger partial charge in [0.15, 0.2) is 0 Å². The molecule has 1 aliphatic rings. The number of rotatable bonds is 2. The van der Waals surface area contributed by atoms with E-state index in [0.717, 1.165) is 12.0 Å². The number of ether oxygens (including phenoxy) is 1. The molecule has 1 heterocycles. The predicted molar refractivity (Wildman–Crippen MR) is 75.3 cm³/mol. The lowest BCUT2D eigenvalue weighted by atomic mass is 10.0. The number of amides is 2. The Bertz CT molecular complexity index is 475. The van der Waals surface area contributed by atoms with Crippen molar-refractivity contribution < 1.29 is 14.3 Å². The Morgan fingerprint density at radius 3 is 2.55 bits per heavy atom. The van der Waals surface area contributed by atoms with E-state index in [9.17, 15) is 9.59 Å². The van der Waals surface area contributed by atoms with Crippen LogP contribution in [0, 0.1) is 0 Å². The van der Waals surface area contributed by atoms with Crippen LogP contribution in [0.25, 0.3) is 0 Å². The number of hydrogen-bond acceptors (Lipinski definition) is 3. The van der Waals surface area contributed by atoms with Gasteiger partial charge < -0.3 is 14.5 Å². The minimum atomic E-state index is -0.328. The maximum Gasteiger partial charge on any atom is 0.409 e. The lowest BCUT2D eigenvalue weighted by Gasteiger charge is -2.40. The number of carbonyl (C=O) groups excluding carboxylic acids is 2. The van der Waals surface area contributed by atoms with Crippen molar-refractivity contribution in [1.82, 2.24) is 9.80 Å². The standard InChI is InChI=1S/C15H20N2O3/c1-12(18)17-9-8-16(15(19)20-2)11-14(17)10-13-6-4-3-5-7-13/h3-7,14H,8-11H2,1-2H3. The first kappa shape index (κ1) is 14.4. The van der Waals surface area contributed by atoms with Gasteiger partial charge in [-0.3, -0.25) is 4.79 Å². The van der Waals surface area contributed by atoms with E-state index in [1.807, 2.05) is 35.2 Å². The van der Waals surface area contributed by atoms with E-state index in [-0.39, 0.29) is 18.0 Å².